The number of unbranched alkanes of at least 4 members (excludes halogenated alkanes) is 29. The summed E-state index contributed by atoms with van der Waals surface area (Å²) in [4.78, 5) is 25.3. The normalized spacial score (nSPS) is 14.4. The van der Waals surface area contributed by atoms with E-state index in [0.717, 1.165) is 38.5 Å². The lowest BCUT2D eigenvalue weighted by Crippen LogP contribution is -2.45. The molecular formula is C48H95N2O6P. The van der Waals surface area contributed by atoms with Gasteiger partial charge in [-0.15, -0.1) is 0 Å². The van der Waals surface area contributed by atoms with Gasteiger partial charge in [0.2, 0.25) is 5.91 Å². The molecule has 3 unspecified atom stereocenters. The Morgan fingerprint density at radius 1 is 0.596 bits per heavy atom. The van der Waals surface area contributed by atoms with E-state index in [-0.39, 0.29) is 19.1 Å². The predicted octanol–water partition coefficient (Wildman–Crippen LogP) is 13.1. The fraction of sp³-hybridized carbons (Fsp3) is 0.896. The Morgan fingerprint density at radius 3 is 1.37 bits per heavy atom. The van der Waals surface area contributed by atoms with Crippen LogP contribution in [0.5, 0.6) is 0 Å². The Kier molecular flexibility index (Phi) is 39.7. The standard InChI is InChI=1S/C48H95N2O6P/c1-6-8-10-12-14-16-18-20-22-24-26-27-29-31-33-35-37-39-41-47(51)46(45-56-57(53,54)55-44-43-50(3,4)5)49-48(52)42-40-38-36-34-32-30-28-25-23-21-19-17-15-13-11-9-7-2/h21,23,39,41,46-47,51H,6-20,22,24-38,40,42-45H2,1-5H3,(H-,49,52,53,54)/b23-21-,41-39+. The van der Waals surface area contributed by atoms with Gasteiger partial charge in [-0.3, -0.25) is 9.36 Å². The molecule has 0 aliphatic rings. The third-order valence-electron chi connectivity index (χ3n) is 10.9. The van der Waals surface area contributed by atoms with Crippen LogP contribution in [0.1, 0.15) is 226 Å². The van der Waals surface area contributed by atoms with Gasteiger partial charge < -0.3 is 28.8 Å². The second-order valence-corrected chi connectivity index (χ2v) is 19.2. The van der Waals surface area contributed by atoms with Crippen molar-refractivity contribution in [2.75, 3.05) is 40.9 Å². The number of nitrogens with zero attached hydrogens (tertiary/aromatic N) is 1. The molecule has 0 aromatic carbocycles. The molecule has 0 heterocycles. The van der Waals surface area contributed by atoms with Crippen LogP contribution in [0.4, 0.5) is 0 Å². The van der Waals surface area contributed by atoms with Gasteiger partial charge in [-0.2, -0.15) is 0 Å². The summed E-state index contributed by atoms with van der Waals surface area (Å²) in [5, 5.41) is 13.8. The first-order valence-corrected chi connectivity index (χ1v) is 25.7. The third kappa shape index (κ3) is 42.9. The number of quaternary nitrogens is 1. The predicted molar refractivity (Wildman–Crippen MR) is 242 cm³/mol. The fourth-order valence-electron chi connectivity index (χ4n) is 7.03. The van der Waals surface area contributed by atoms with Crippen molar-refractivity contribution < 1.29 is 32.9 Å². The first-order valence-electron chi connectivity index (χ1n) is 24.2. The molecule has 0 rings (SSSR count). The number of aliphatic hydroxyl groups excluding tert-OH is 1. The summed E-state index contributed by atoms with van der Waals surface area (Å²) in [5.74, 6) is -0.201. The van der Waals surface area contributed by atoms with Crippen LogP contribution < -0.4 is 10.2 Å². The van der Waals surface area contributed by atoms with Crippen LogP contribution in [0.15, 0.2) is 24.3 Å². The first-order chi connectivity index (χ1) is 27.5. The number of allylic oxidation sites excluding steroid dienone is 3. The summed E-state index contributed by atoms with van der Waals surface area (Å²) < 4.78 is 23.2. The highest BCUT2D eigenvalue weighted by atomic mass is 31.2. The van der Waals surface area contributed by atoms with Crippen molar-refractivity contribution in [3.8, 4) is 0 Å². The van der Waals surface area contributed by atoms with E-state index >= 15 is 0 Å². The SMILES string of the molecule is CCCCCCCC/C=C\CCCCCCCCCC(=O)NC(COP(=O)([O-])OCC[N+](C)(C)C)C(O)/C=C/CCCCCCCCCCCCCCCCCC. The highest BCUT2D eigenvalue weighted by Gasteiger charge is 2.23. The molecule has 0 saturated carbocycles. The molecule has 338 valence electrons. The molecule has 1 amide bonds. The number of carbonyl (C=O) groups excluding carboxylic acids is 1. The summed E-state index contributed by atoms with van der Waals surface area (Å²) in [7, 11) is 1.26. The maximum Gasteiger partial charge on any atom is 0.268 e. The van der Waals surface area contributed by atoms with E-state index in [1.807, 2.05) is 27.2 Å². The van der Waals surface area contributed by atoms with Crippen molar-refractivity contribution in [1.82, 2.24) is 5.32 Å². The Hall–Kier alpha value is -1.02. The Balaban J connectivity index is 4.37. The first kappa shape index (κ1) is 56.0. The minimum absolute atomic E-state index is 0.000570. The minimum atomic E-state index is -4.59. The van der Waals surface area contributed by atoms with E-state index in [4.69, 9.17) is 9.05 Å². The van der Waals surface area contributed by atoms with Crippen LogP contribution in [0.25, 0.3) is 0 Å². The van der Waals surface area contributed by atoms with Crippen molar-refractivity contribution in [3.05, 3.63) is 24.3 Å². The highest BCUT2D eigenvalue weighted by molar-refractivity contribution is 7.45. The number of likely N-dealkylation sites (N-methyl/N-ethyl adjacent to an activating group) is 1. The quantitative estimate of drug-likeness (QED) is 0.0274. The number of nitrogens with one attached hydrogen (secondary N) is 1. The van der Waals surface area contributed by atoms with Crippen LogP contribution in [-0.4, -0.2) is 68.5 Å². The minimum Gasteiger partial charge on any atom is -0.756 e. The number of amides is 1. The molecule has 0 fully saturated rings. The monoisotopic (exact) mass is 827 g/mol. The van der Waals surface area contributed by atoms with Crippen molar-refractivity contribution in [3.63, 3.8) is 0 Å². The fourth-order valence-corrected chi connectivity index (χ4v) is 7.75. The lowest BCUT2D eigenvalue weighted by atomic mass is 10.0. The zero-order valence-corrected chi connectivity index (χ0v) is 39.2. The maximum atomic E-state index is 12.9. The molecule has 0 spiro atoms. The molecule has 0 aliphatic heterocycles. The van der Waals surface area contributed by atoms with Crippen LogP contribution in [0, 0.1) is 0 Å². The average Bonchev–Trinajstić information content (AvgIpc) is 3.16. The summed E-state index contributed by atoms with van der Waals surface area (Å²) >= 11 is 0. The molecule has 8 nitrogen and oxygen atoms in total. The number of hydrogen-bond acceptors (Lipinski definition) is 6. The van der Waals surface area contributed by atoms with Crippen LogP contribution in [0.3, 0.4) is 0 Å². The Morgan fingerprint density at radius 2 is 0.965 bits per heavy atom. The molecule has 0 bridgehead atoms. The third-order valence-corrected chi connectivity index (χ3v) is 11.9. The van der Waals surface area contributed by atoms with Crippen LogP contribution in [0.2, 0.25) is 0 Å². The van der Waals surface area contributed by atoms with E-state index in [9.17, 15) is 19.4 Å². The molecular weight excluding hydrogens is 732 g/mol. The van der Waals surface area contributed by atoms with Gasteiger partial charge in [0, 0.05) is 6.42 Å². The van der Waals surface area contributed by atoms with Crippen LogP contribution in [-0.2, 0) is 18.4 Å². The molecule has 0 radical (unpaired) electrons. The number of carbonyl (C=O) groups is 1. The van der Waals surface area contributed by atoms with Gasteiger partial charge in [0.05, 0.1) is 39.9 Å². The molecule has 57 heavy (non-hydrogen) atoms. The van der Waals surface area contributed by atoms with Gasteiger partial charge in [-0.25, -0.2) is 0 Å². The molecule has 0 aromatic rings. The topological polar surface area (TPSA) is 108 Å². The lowest BCUT2D eigenvalue weighted by molar-refractivity contribution is -0.870. The van der Waals surface area contributed by atoms with E-state index in [1.165, 1.54) is 167 Å². The molecule has 2 N–H and O–H groups in total. The van der Waals surface area contributed by atoms with E-state index in [0.29, 0.717) is 17.4 Å². The average molecular weight is 827 g/mol. The highest BCUT2D eigenvalue weighted by Crippen LogP contribution is 2.38. The van der Waals surface area contributed by atoms with E-state index < -0.39 is 20.0 Å². The second kappa shape index (κ2) is 40.4. The Bertz CT molecular complexity index is 984. The number of rotatable bonds is 44. The zero-order valence-electron chi connectivity index (χ0n) is 38.3. The van der Waals surface area contributed by atoms with Gasteiger partial charge in [0.25, 0.3) is 7.82 Å². The Labute approximate surface area is 354 Å². The number of phosphoric ester groups is 1. The van der Waals surface area contributed by atoms with Crippen LogP contribution >= 0.6 is 7.82 Å². The largest absolute Gasteiger partial charge is 0.756 e. The molecule has 0 aromatic heterocycles. The zero-order chi connectivity index (χ0) is 42.1. The van der Waals surface area contributed by atoms with Gasteiger partial charge >= 0.3 is 0 Å². The molecule has 0 aliphatic carbocycles. The molecule has 3 atom stereocenters. The summed E-state index contributed by atoms with van der Waals surface area (Å²) in [6.45, 7) is 4.65. The molecule has 0 saturated heterocycles. The van der Waals surface area contributed by atoms with Gasteiger partial charge in [0.15, 0.2) is 0 Å². The van der Waals surface area contributed by atoms with Crippen molar-refractivity contribution in [2.24, 2.45) is 0 Å². The number of hydrogen-bond donors (Lipinski definition) is 2. The number of aliphatic hydroxyl groups is 1. The van der Waals surface area contributed by atoms with E-state index in [2.05, 4.69) is 31.3 Å². The lowest BCUT2D eigenvalue weighted by Gasteiger charge is -2.29. The summed E-state index contributed by atoms with van der Waals surface area (Å²) in [6.07, 6.45) is 47.9. The van der Waals surface area contributed by atoms with Gasteiger partial charge in [-0.1, -0.05) is 199 Å². The van der Waals surface area contributed by atoms with E-state index in [1.54, 1.807) is 6.08 Å². The maximum absolute atomic E-state index is 12.9. The second-order valence-electron chi connectivity index (χ2n) is 17.8. The molecule has 9 heteroatoms. The van der Waals surface area contributed by atoms with Gasteiger partial charge in [-0.05, 0) is 44.9 Å². The van der Waals surface area contributed by atoms with Crippen molar-refractivity contribution in [2.45, 2.75) is 238 Å². The van der Waals surface area contributed by atoms with Crippen molar-refractivity contribution >= 4 is 13.7 Å². The number of phosphoric acid groups is 1. The van der Waals surface area contributed by atoms with Gasteiger partial charge in [0.1, 0.15) is 13.2 Å². The smallest absolute Gasteiger partial charge is 0.268 e. The summed E-state index contributed by atoms with van der Waals surface area (Å²) in [6, 6.07) is -0.885. The summed E-state index contributed by atoms with van der Waals surface area (Å²) in [5.41, 5.74) is 0. The van der Waals surface area contributed by atoms with Crippen molar-refractivity contribution in [1.29, 1.82) is 0 Å².